The molecule has 2 aliphatic heterocycles. The number of benzene rings is 1. The Hall–Kier alpha value is -4.09. The fraction of sp³-hybridized carbons (Fsp3) is 0.231. The van der Waals surface area contributed by atoms with Crippen LogP contribution in [0, 0.1) is 5.92 Å². The molecule has 2 aromatic rings. The number of rotatable bonds is 4. The second kappa shape index (κ2) is 9.34. The maximum absolute atomic E-state index is 14.4. The molecule has 0 radical (unpaired) electrons. The van der Waals surface area contributed by atoms with E-state index in [2.05, 4.69) is 20.2 Å². The molecule has 38 heavy (non-hydrogen) atoms. The van der Waals surface area contributed by atoms with E-state index < -0.39 is 29.0 Å². The van der Waals surface area contributed by atoms with Crippen LogP contribution in [0.25, 0.3) is 28.2 Å². The third-order valence-electron chi connectivity index (χ3n) is 6.05. The van der Waals surface area contributed by atoms with Crippen molar-refractivity contribution in [2.45, 2.75) is 32.2 Å². The lowest BCUT2D eigenvalue weighted by molar-refractivity contribution is -0.142. The summed E-state index contributed by atoms with van der Waals surface area (Å²) in [6.45, 7) is 2.09. The normalized spacial score (nSPS) is 16.5. The number of halogens is 7. The fourth-order valence-corrected chi connectivity index (χ4v) is 4.13. The van der Waals surface area contributed by atoms with Gasteiger partial charge < -0.3 is 4.57 Å². The highest BCUT2D eigenvalue weighted by Gasteiger charge is 2.38. The highest BCUT2D eigenvalue weighted by Crippen LogP contribution is 2.40. The van der Waals surface area contributed by atoms with Crippen LogP contribution < -0.4 is 0 Å². The Kier molecular flexibility index (Phi) is 6.28. The summed E-state index contributed by atoms with van der Waals surface area (Å²) >= 11 is 0. The van der Waals surface area contributed by atoms with Gasteiger partial charge >= 0.3 is 12.4 Å². The minimum Gasteiger partial charge on any atom is -0.346 e. The maximum Gasteiger partial charge on any atom is 0.417 e. The lowest BCUT2D eigenvalue weighted by Gasteiger charge is -2.15. The molecule has 0 saturated heterocycles. The molecular formula is C26H18F7N5. The number of imidazole rings is 1. The molecule has 0 spiro atoms. The average molecular weight is 533 g/mol. The summed E-state index contributed by atoms with van der Waals surface area (Å²) in [6.07, 6.45) is -2.73. The number of hydrogen-bond donors (Lipinski definition) is 0. The molecule has 0 bridgehead atoms. The first-order valence-corrected chi connectivity index (χ1v) is 11.4. The molecule has 0 amide bonds. The van der Waals surface area contributed by atoms with E-state index in [9.17, 15) is 30.7 Å². The quantitative estimate of drug-likeness (QED) is 0.260. The van der Waals surface area contributed by atoms with Gasteiger partial charge in [0.2, 0.25) is 0 Å². The van der Waals surface area contributed by atoms with Crippen molar-refractivity contribution in [3.05, 3.63) is 89.4 Å². The van der Waals surface area contributed by atoms with Crippen molar-refractivity contribution >= 4 is 5.57 Å². The zero-order valence-electron chi connectivity index (χ0n) is 19.6. The van der Waals surface area contributed by atoms with Crippen LogP contribution in [0.3, 0.4) is 0 Å². The van der Waals surface area contributed by atoms with Crippen molar-refractivity contribution in [3.63, 3.8) is 0 Å². The van der Waals surface area contributed by atoms with Crippen LogP contribution in [0.4, 0.5) is 30.7 Å². The lowest BCUT2D eigenvalue weighted by Crippen LogP contribution is -2.12. The van der Waals surface area contributed by atoms with Crippen molar-refractivity contribution in [1.29, 1.82) is 0 Å². The van der Waals surface area contributed by atoms with Crippen molar-refractivity contribution in [1.82, 2.24) is 24.7 Å². The van der Waals surface area contributed by atoms with Crippen LogP contribution in [0.15, 0.2) is 66.8 Å². The van der Waals surface area contributed by atoms with Crippen LogP contribution in [-0.4, -0.2) is 24.7 Å². The van der Waals surface area contributed by atoms with Crippen LogP contribution in [0.1, 0.15) is 36.0 Å². The van der Waals surface area contributed by atoms with Gasteiger partial charge in [-0.2, -0.15) is 36.5 Å². The summed E-state index contributed by atoms with van der Waals surface area (Å²) in [6, 6.07) is 5.78. The van der Waals surface area contributed by atoms with Crippen molar-refractivity contribution in [3.8, 4) is 22.6 Å². The minimum absolute atomic E-state index is 0.0662. The molecule has 5 nitrogen and oxygen atoms in total. The van der Waals surface area contributed by atoms with Crippen molar-refractivity contribution in [2.24, 2.45) is 5.92 Å². The minimum atomic E-state index is -5.02. The van der Waals surface area contributed by atoms with Gasteiger partial charge in [0.15, 0.2) is 5.82 Å². The summed E-state index contributed by atoms with van der Waals surface area (Å²) in [5.41, 5.74) is -1.78. The van der Waals surface area contributed by atoms with Gasteiger partial charge in [0.25, 0.3) is 0 Å². The summed E-state index contributed by atoms with van der Waals surface area (Å²) in [7, 11) is 0. The second-order valence-electron chi connectivity index (χ2n) is 8.96. The van der Waals surface area contributed by atoms with Crippen LogP contribution in [0.2, 0.25) is 0 Å². The first-order chi connectivity index (χ1) is 17.9. The van der Waals surface area contributed by atoms with Gasteiger partial charge in [-0.1, -0.05) is 25.1 Å². The highest BCUT2D eigenvalue weighted by molar-refractivity contribution is 5.75. The maximum atomic E-state index is 14.4. The van der Waals surface area contributed by atoms with Gasteiger partial charge in [0.05, 0.1) is 40.3 Å². The summed E-state index contributed by atoms with van der Waals surface area (Å²) in [5.74, 6) is 0.0944. The average Bonchev–Trinajstić information content (AvgIpc) is 3.26. The summed E-state index contributed by atoms with van der Waals surface area (Å²) in [4.78, 5) is 8.81. The van der Waals surface area contributed by atoms with E-state index in [1.165, 1.54) is 12.1 Å². The molecule has 12 heteroatoms. The lowest BCUT2D eigenvalue weighted by atomic mass is 9.97. The van der Waals surface area contributed by atoms with E-state index in [1.807, 2.05) is 13.0 Å². The van der Waals surface area contributed by atoms with E-state index in [-0.39, 0.29) is 42.3 Å². The molecule has 1 atom stereocenters. The van der Waals surface area contributed by atoms with Crippen LogP contribution >= 0.6 is 0 Å². The third kappa shape index (κ3) is 5.15. The smallest absolute Gasteiger partial charge is 0.346 e. The number of fused-ring (bicyclic) bond motifs is 1. The SMILES string of the molecule is CC1C=CC(c2nc3ccn(Cc4ccc(-c5ccc(C(F)(F)F)cc5C(F)(F)F)nn4)cc-3n2)=C(F)C1. The van der Waals surface area contributed by atoms with Gasteiger partial charge in [-0.25, -0.2) is 14.4 Å². The number of aromatic nitrogens is 5. The monoisotopic (exact) mass is 533 g/mol. The molecule has 1 aliphatic carbocycles. The third-order valence-corrected chi connectivity index (χ3v) is 6.05. The first-order valence-electron chi connectivity index (χ1n) is 11.4. The first kappa shape index (κ1) is 25.6. The molecule has 1 aromatic heterocycles. The van der Waals surface area contributed by atoms with E-state index in [1.54, 1.807) is 29.1 Å². The molecule has 3 heterocycles. The molecule has 0 N–H and O–H groups in total. The molecule has 5 rings (SSSR count). The van der Waals surface area contributed by atoms with E-state index >= 15 is 0 Å². The molecule has 0 saturated carbocycles. The van der Waals surface area contributed by atoms with Gasteiger partial charge in [0.1, 0.15) is 11.5 Å². The van der Waals surface area contributed by atoms with E-state index in [0.29, 0.717) is 28.7 Å². The molecule has 196 valence electrons. The Labute approximate surface area is 211 Å². The van der Waals surface area contributed by atoms with Crippen molar-refractivity contribution in [2.75, 3.05) is 0 Å². The second-order valence-corrected chi connectivity index (χ2v) is 8.96. The number of nitrogens with zero attached hydrogens (tertiary/aromatic N) is 5. The largest absolute Gasteiger partial charge is 0.417 e. The predicted octanol–water partition coefficient (Wildman–Crippen LogP) is 7.20. The molecule has 0 fully saturated rings. The Balaban J connectivity index is 1.39. The van der Waals surface area contributed by atoms with Gasteiger partial charge in [-0.05, 0) is 36.2 Å². The highest BCUT2D eigenvalue weighted by atomic mass is 19.4. The molecular weight excluding hydrogens is 515 g/mol. The Morgan fingerprint density at radius 1 is 0.895 bits per heavy atom. The van der Waals surface area contributed by atoms with Crippen LogP contribution in [-0.2, 0) is 18.9 Å². The Morgan fingerprint density at radius 3 is 2.32 bits per heavy atom. The summed E-state index contributed by atoms with van der Waals surface area (Å²) in [5, 5.41) is 7.78. The van der Waals surface area contributed by atoms with Gasteiger partial charge in [0, 0.05) is 24.4 Å². The van der Waals surface area contributed by atoms with Gasteiger partial charge in [-0.15, -0.1) is 0 Å². The Bertz CT molecular complexity index is 1510. The fourth-order valence-electron chi connectivity index (χ4n) is 4.13. The van der Waals surface area contributed by atoms with Gasteiger partial charge in [-0.3, -0.25) is 0 Å². The van der Waals surface area contributed by atoms with E-state index in [4.69, 9.17) is 0 Å². The van der Waals surface area contributed by atoms with Crippen molar-refractivity contribution < 1.29 is 30.7 Å². The van der Waals surface area contributed by atoms with Crippen LogP contribution in [0.5, 0.6) is 0 Å². The molecule has 1 aromatic carbocycles. The number of allylic oxidation sites excluding steroid dienone is 4. The Morgan fingerprint density at radius 2 is 1.66 bits per heavy atom. The number of pyridine rings is 1. The zero-order chi connectivity index (χ0) is 27.2. The molecule has 1 unspecified atom stereocenters. The topological polar surface area (TPSA) is 56.5 Å². The number of hydrogen-bond acceptors (Lipinski definition) is 4. The molecule has 3 aliphatic rings. The summed E-state index contributed by atoms with van der Waals surface area (Å²) < 4.78 is 95.5. The standard InChI is InChI=1S/C26H18F7N5/c1-14-2-5-18(20(27)10-14)24-34-22-8-9-38(13-23(22)35-24)12-16-4-7-21(37-36-16)17-6-3-15(25(28,29)30)11-19(17)26(31,32)33/h2-9,11,13-14H,10,12H2,1H3. The number of alkyl halides is 6. The predicted molar refractivity (Wildman–Crippen MR) is 124 cm³/mol. The van der Waals surface area contributed by atoms with E-state index in [0.717, 1.165) is 6.07 Å². The zero-order valence-corrected chi connectivity index (χ0v) is 19.6.